The Hall–Kier alpha value is -3.32. The van der Waals surface area contributed by atoms with Gasteiger partial charge in [0, 0.05) is 12.1 Å². The predicted octanol–water partition coefficient (Wildman–Crippen LogP) is 4.47. The van der Waals surface area contributed by atoms with Gasteiger partial charge < -0.3 is 24.2 Å². The van der Waals surface area contributed by atoms with Crippen LogP contribution in [0.25, 0.3) is 0 Å². The molecule has 0 aliphatic carbocycles. The molecule has 2 aromatic carbocycles. The van der Waals surface area contributed by atoms with E-state index < -0.39 is 0 Å². The number of carbonyl (C=O) groups is 1. The summed E-state index contributed by atoms with van der Waals surface area (Å²) in [5.41, 5.74) is 4.67. The zero-order chi connectivity index (χ0) is 24.0. The molecule has 0 bridgehead atoms. The molecule has 7 nitrogen and oxygen atoms in total. The van der Waals surface area contributed by atoms with Crippen molar-refractivity contribution in [2.75, 3.05) is 27.7 Å². The predicted molar refractivity (Wildman–Crippen MR) is 128 cm³/mol. The number of amides is 1. The van der Waals surface area contributed by atoms with Crippen molar-refractivity contribution in [3.8, 4) is 11.5 Å². The molecule has 3 rings (SSSR count). The summed E-state index contributed by atoms with van der Waals surface area (Å²) in [5, 5.41) is 6.99. The van der Waals surface area contributed by atoms with Gasteiger partial charge >= 0.3 is 0 Å². The average Bonchev–Trinajstić information content (AvgIpc) is 3.14. The molecule has 1 unspecified atom stereocenters. The molecule has 0 fully saturated rings. The van der Waals surface area contributed by atoms with Crippen LogP contribution >= 0.6 is 0 Å². The second kappa shape index (κ2) is 11.0. The van der Waals surface area contributed by atoms with Crippen LogP contribution in [0.5, 0.6) is 11.5 Å². The summed E-state index contributed by atoms with van der Waals surface area (Å²) in [5.74, 6) is 1.61. The van der Waals surface area contributed by atoms with Crippen molar-refractivity contribution in [2.24, 2.45) is 0 Å². The minimum atomic E-state index is -0.164. The fraction of sp³-hybridized carbons (Fsp3) is 0.385. The van der Waals surface area contributed by atoms with Crippen LogP contribution in [0.2, 0.25) is 0 Å². The lowest BCUT2D eigenvalue weighted by Crippen LogP contribution is -2.34. The first-order valence-corrected chi connectivity index (χ1v) is 11.1. The zero-order valence-corrected chi connectivity index (χ0v) is 20.3. The third kappa shape index (κ3) is 5.93. The maximum atomic E-state index is 12.9. The van der Waals surface area contributed by atoms with E-state index in [1.54, 1.807) is 25.3 Å². The first kappa shape index (κ1) is 24.3. The Balaban J connectivity index is 1.67. The molecular weight excluding hydrogens is 418 g/mol. The Bertz CT molecular complexity index is 1050. The van der Waals surface area contributed by atoms with E-state index in [4.69, 9.17) is 14.0 Å². The second-order valence-corrected chi connectivity index (χ2v) is 8.24. The monoisotopic (exact) mass is 451 g/mol. The number of benzene rings is 2. The van der Waals surface area contributed by atoms with Gasteiger partial charge in [-0.3, -0.25) is 4.79 Å². The summed E-state index contributed by atoms with van der Waals surface area (Å²) in [6, 6.07) is 13.8. The fourth-order valence-corrected chi connectivity index (χ4v) is 3.65. The number of aryl methyl sites for hydroxylation is 3. The minimum absolute atomic E-state index is 0.0689. The van der Waals surface area contributed by atoms with Crippen molar-refractivity contribution < 1.29 is 18.8 Å². The normalized spacial score (nSPS) is 12.0. The largest absolute Gasteiger partial charge is 0.493 e. The van der Waals surface area contributed by atoms with Gasteiger partial charge in [-0.1, -0.05) is 36.3 Å². The maximum Gasteiger partial charge on any atom is 0.251 e. The van der Waals surface area contributed by atoms with Crippen molar-refractivity contribution in [3.63, 3.8) is 0 Å². The number of nitrogens with one attached hydrogen (secondary N) is 1. The van der Waals surface area contributed by atoms with Gasteiger partial charge in [-0.2, -0.15) is 0 Å². The number of hydrogen-bond donors (Lipinski definition) is 1. The average molecular weight is 452 g/mol. The molecule has 0 aliphatic heterocycles. The lowest BCUT2D eigenvalue weighted by Gasteiger charge is -2.25. The van der Waals surface area contributed by atoms with Gasteiger partial charge in [-0.05, 0) is 63.7 Å². The van der Waals surface area contributed by atoms with Crippen molar-refractivity contribution in [2.45, 2.75) is 39.8 Å². The molecular formula is C26H33N3O4. The number of ether oxygens (including phenoxy) is 2. The smallest absolute Gasteiger partial charge is 0.251 e. The molecule has 0 radical (unpaired) electrons. The van der Waals surface area contributed by atoms with Crippen LogP contribution in [0.4, 0.5) is 0 Å². The third-order valence-corrected chi connectivity index (χ3v) is 5.83. The lowest BCUT2D eigenvalue weighted by atomic mass is 10.0. The topological polar surface area (TPSA) is 76.8 Å². The molecule has 1 amide bonds. The summed E-state index contributed by atoms with van der Waals surface area (Å²) >= 11 is 0. The van der Waals surface area contributed by atoms with Gasteiger partial charge in [0.1, 0.15) is 12.4 Å². The number of carbonyl (C=O) groups excluding carboxylic acids is 1. The van der Waals surface area contributed by atoms with E-state index >= 15 is 0 Å². The summed E-state index contributed by atoms with van der Waals surface area (Å²) in [6.45, 7) is 6.66. The molecule has 7 heteroatoms. The van der Waals surface area contributed by atoms with Crippen LogP contribution in [-0.2, 0) is 13.0 Å². The van der Waals surface area contributed by atoms with Crippen LogP contribution in [0, 0.1) is 13.8 Å². The van der Waals surface area contributed by atoms with Crippen LogP contribution in [-0.4, -0.2) is 43.7 Å². The minimum Gasteiger partial charge on any atom is -0.493 e. The van der Waals surface area contributed by atoms with E-state index in [1.165, 1.54) is 5.56 Å². The van der Waals surface area contributed by atoms with Gasteiger partial charge in [0.2, 0.25) is 0 Å². The summed E-state index contributed by atoms with van der Waals surface area (Å²) < 4.78 is 16.6. The van der Waals surface area contributed by atoms with E-state index in [9.17, 15) is 4.79 Å². The van der Waals surface area contributed by atoms with Crippen LogP contribution in [0.3, 0.4) is 0 Å². The van der Waals surface area contributed by atoms with E-state index in [-0.39, 0.29) is 11.9 Å². The highest BCUT2D eigenvalue weighted by molar-refractivity contribution is 5.94. The Morgan fingerprint density at radius 3 is 2.42 bits per heavy atom. The standard InChI is InChI=1S/C26H33N3O4/c1-7-19-8-10-20(11-9-19)23(29(4)5)15-27-26(30)21-12-13-24(25(14-21)31-6)32-16-22-17(2)28-33-18(22)3/h8-14,23H,7,15-16H2,1-6H3,(H,27,30). The molecule has 1 aromatic heterocycles. The molecule has 1 atom stereocenters. The highest BCUT2D eigenvalue weighted by Crippen LogP contribution is 2.29. The number of aromatic nitrogens is 1. The van der Waals surface area contributed by atoms with Gasteiger partial charge in [0.15, 0.2) is 11.5 Å². The first-order chi connectivity index (χ1) is 15.8. The summed E-state index contributed by atoms with van der Waals surface area (Å²) in [6.07, 6.45) is 1.00. The van der Waals surface area contributed by atoms with Crippen LogP contribution < -0.4 is 14.8 Å². The third-order valence-electron chi connectivity index (χ3n) is 5.83. The molecule has 176 valence electrons. The molecule has 0 aliphatic rings. The van der Waals surface area contributed by atoms with Crippen molar-refractivity contribution in [3.05, 3.63) is 76.2 Å². The van der Waals surface area contributed by atoms with Gasteiger partial charge in [0.25, 0.3) is 5.91 Å². The highest BCUT2D eigenvalue weighted by Gasteiger charge is 2.18. The molecule has 1 N–H and O–H groups in total. The van der Waals surface area contributed by atoms with Gasteiger partial charge in [-0.25, -0.2) is 0 Å². The van der Waals surface area contributed by atoms with E-state index in [0.29, 0.717) is 30.2 Å². The number of methoxy groups -OCH3 is 1. The van der Waals surface area contributed by atoms with E-state index in [0.717, 1.165) is 29.0 Å². The zero-order valence-electron chi connectivity index (χ0n) is 20.3. The number of hydrogen-bond acceptors (Lipinski definition) is 6. The van der Waals surface area contributed by atoms with Crippen molar-refractivity contribution in [1.29, 1.82) is 0 Å². The van der Waals surface area contributed by atoms with E-state index in [1.807, 2.05) is 27.9 Å². The van der Waals surface area contributed by atoms with Crippen LogP contribution in [0.1, 0.15) is 51.5 Å². The lowest BCUT2D eigenvalue weighted by molar-refractivity contribution is 0.0941. The molecule has 0 saturated heterocycles. The number of nitrogens with zero attached hydrogens (tertiary/aromatic N) is 2. The molecule has 0 saturated carbocycles. The second-order valence-electron chi connectivity index (χ2n) is 8.24. The summed E-state index contributed by atoms with van der Waals surface area (Å²) in [7, 11) is 5.58. The van der Waals surface area contributed by atoms with E-state index in [2.05, 4.69) is 46.6 Å². The molecule has 33 heavy (non-hydrogen) atoms. The Labute approximate surface area is 195 Å². The van der Waals surface area contributed by atoms with Gasteiger partial charge in [0.05, 0.1) is 24.4 Å². The summed E-state index contributed by atoms with van der Waals surface area (Å²) in [4.78, 5) is 15.0. The van der Waals surface area contributed by atoms with Crippen molar-refractivity contribution >= 4 is 5.91 Å². The fourth-order valence-electron chi connectivity index (χ4n) is 3.65. The Morgan fingerprint density at radius 1 is 1.12 bits per heavy atom. The number of likely N-dealkylation sites (N-methyl/N-ethyl adjacent to an activating group) is 1. The Kier molecular flexibility index (Phi) is 8.11. The quantitative estimate of drug-likeness (QED) is 0.490. The maximum absolute atomic E-state index is 12.9. The molecule has 0 spiro atoms. The first-order valence-electron chi connectivity index (χ1n) is 11.1. The highest BCUT2D eigenvalue weighted by atomic mass is 16.5. The van der Waals surface area contributed by atoms with Crippen LogP contribution in [0.15, 0.2) is 47.0 Å². The van der Waals surface area contributed by atoms with Gasteiger partial charge in [-0.15, -0.1) is 0 Å². The number of rotatable bonds is 10. The molecule has 1 heterocycles. The van der Waals surface area contributed by atoms with Crippen molar-refractivity contribution in [1.82, 2.24) is 15.4 Å². The molecule has 3 aromatic rings. The Morgan fingerprint density at radius 2 is 1.85 bits per heavy atom. The SMILES string of the molecule is CCc1ccc(C(CNC(=O)c2ccc(OCc3c(C)noc3C)c(OC)c2)N(C)C)cc1.